The Morgan fingerprint density at radius 1 is 1.13 bits per heavy atom. The summed E-state index contributed by atoms with van der Waals surface area (Å²) in [5.74, 6) is -0.752. The van der Waals surface area contributed by atoms with Gasteiger partial charge in [-0.05, 0) is 42.3 Å². The zero-order valence-corrected chi connectivity index (χ0v) is 12.1. The molecule has 0 atom stereocenters. The monoisotopic (exact) mass is 309 g/mol. The lowest BCUT2D eigenvalue weighted by Gasteiger charge is -2.16. The number of rotatable bonds is 1. The van der Waals surface area contributed by atoms with Crippen LogP contribution < -0.4 is 10.5 Å². The predicted octanol–water partition coefficient (Wildman–Crippen LogP) is 3.14. The first kappa shape index (κ1) is 13.7. The number of carbonyl (C=O) groups is 1. The molecule has 4 nitrogen and oxygen atoms in total. The van der Waals surface area contributed by atoms with Crippen molar-refractivity contribution in [1.29, 1.82) is 0 Å². The molecule has 1 aliphatic rings. The molecule has 4 rings (SSSR count). The number of amides is 1. The van der Waals surface area contributed by atoms with Crippen molar-refractivity contribution in [1.82, 2.24) is 0 Å². The van der Waals surface area contributed by atoms with E-state index >= 15 is 0 Å². The molecule has 0 fully saturated rings. The summed E-state index contributed by atoms with van der Waals surface area (Å²) < 4.78 is 18.5. The Kier molecular flexibility index (Phi) is 3.01. The Bertz CT molecular complexity index is 993. The van der Waals surface area contributed by atoms with Gasteiger partial charge in [-0.15, -0.1) is 0 Å². The molecular weight excluding hydrogens is 297 g/mol. The highest BCUT2D eigenvalue weighted by Crippen LogP contribution is 2.29. The molecule has 0 spiro atoms. The van der Waals surface area contributed by atoms with Crippen LogP contribution >= 0.6 is 0 Å². The van der Waals surface area contributed by atoms with E-state index in [0.717, 1.165) is 5.56 Å². The van der Waals surface area contributed by atoms with E-state index in [9.17, 15) is 14.0 Å². The number of benzene rings is 2. The van der Waals surface area contributed by atoms with Gasteiger partial charge in [0.25, 0.3) is 5.91 Å². The van der Waals surface area contributed by atoms with E-state index in [-0.39, 0.29) is 11.4 Å². The van der Waals surface area contributed by atoms with E-state index in [1.54, 1.807) is 30.3 Å². The van der Waals surface area contributed by atoms with Crippen LogP contribution in [-0.2, 0) is 6.42 Å². The van der Waals surface area contributed by atoms with E-state index in [0.29, 0.717) is 29.6 Å². The Labute approximate surface area is 130 Å². The normalized spacial score (nSPS) is 13.3. The third kappa shape index (κ3) is 2.21. The maximum Gasteiger partial charge on any atom is 0.349 e. The average molecular weight is 309 g/mol. The minimum atomic E-state index is -0.663. The predicted molar refractivity (Wildman–Crippen MR) is 84.3 cm³/mol. The number of halogens is 1. The summed E-state index contributed by atoms with van der Waals surface area (Å²) in [4.78, 5) is 26.4. The molecule has 0 saturated carbocycles. The summed E-state index contributed by atoms with van der Waals surface area (Å²) in [6.07, 6.45) is 0.567. The topological polar surface area (TPSA) is 50.5 Å². The van der Waals surface area contributed by atoms with Crippen LogP contribution in [0.1, 0.15) is 15.9 Å². The van der Waals surface area contributed by atoms with E-state index in [1.807, 2.05) is 6.07 Å². The Balaban J connectivity index is 1.79. The summed E-state index contributed by atoms with van der Waals surface area (Å²) in [6, 6.07) is 12.9. The highest BCUT2D eigenvalue weighted by Gasteiger charge is 2.28. The second-order valence-corrected chi connectivity index (χ2v) is 5.47. The van der Waals surface area contributed by atoms with Crippen LogP contribution in [0.25, 0.3) is 11.0 Å². The standard InChI is InChI=1S/C18H12FNO3/c19-13-5-6-15-11(9-13)7-8-20(15)17(21)14-10-12-3-1-2-4-16(12)23-18(14)22/h1-6,9-10H,7-8H2. The molecule has 114 valence electrons. The molecule has 2 aromatic carbocycles. The third-order valence-corrected chi connectivity index (χ3v) is 4.05. The van der Waals surface area contributed by atoms with Gasteiger partial charge in [-0.3, -0.25) is 4.79 Å². The summed E-state index contributed by atoms with van der Waals surface area (Å²) in [5, 5.41) is 0.689. The van der Waals surface area contributed by atoms with Crippen molar-refractivity contribution in [2.45, 2.75) is 6.42 Å². The highest BCUT2D eigenvalue weighted by molar-refractivity contribution is 6.08. The fourth-order valence-corrected chi connectivity index (χ4v) is 2.94. The number of hydrogen-bond donors (Lipinski definition) is 0. The van der Waals surface area contributed by atoms with Gasteiger partial charge in [-0.1, -0.05) is 18.2 Å². The van der Waals surface area contributed by atoms with Crippen LogP contribution in [0.4, 0.5) is 10.1 Å². The molecule has 0 radical (unpaired) electrons. The Morgan fingerprint density at radius 3 is 2.83 bits per heavy atom. The first-order chi connectivity index (χ1) is 11.1. The van der Waals surface area contributed by atoms with Crippen LogP contribution in [0.2, 0.25) is 0 Å². The summed E-state index contributed by atoms with van der Waals surface area (Å²) in [7, 11) is 0. The van der Waals surface area contributed by atoms with Gasteiger partial charge < -0.3 is 9.32 Å². The second kappa shape index (κ2) is 5.05. The van der Waals surface area contributed by atoms with Crippen molar-refractivity contribution in [2.75, 3.05) is 11.4 Å². The molecule has 3 aromatic rings. The highest BCUT2D eigenvalue weighted by atomic mass is 19.1. The Hall–Kier alpha value is -2.95. The molecule has 0 aliphatic carbocycles. The van der Waals surface area contributed by atoms with Crippen molar-refractivity contribution in [3.05, 3.63) is 75.9 Å². The van der Waals surface area contributed by atoms with Gasteiger partial charge >= 0.3 is 5.63 Å². The number of hydrogen-bond acceptors (Lipinski definition) is 3. The molecule has 0 N–H and O–H groups in total. The zero-order valence-electron chi connectivity index (χ0n) is 12.1. The fraction of sp³-hybridized carbons (Fsp3) is 0.111. The van der Waals surface area contributed by atoms with Gasteiger partial charge in [0.05, 0.1) is 0 Å². The number of nitrogens with zero attached hydrogens (tertiary/aromatic N) is 1. The van der Waals surface area contributed by atoms with Crippen molar-refractivity contribution in [3.63, 3.8) is 0 Å². The molecule has 23 heavy (non-hydrogen) atoms. The lowest BCUT2D eigenvalue weighted by molar-refractivity contribution is 0.0986. The van der Waals surface area contributed by atoms with E-state index in [1.165, 1.54) is 17.0 Å². The smallest absolute Gasteiger partial charge is 0.349 e. The number of carbonyl (C=O) groups excluding carboxylic acids is 1. The molecule has 2 heterocycles. The van der Waals surface area contributed by atoms with Crippen molar-refractivity contribution in [3.8, 4) is 0 Å². The number of para-hydroxylation sites is 1. The maximum absolute atomic E-state index is 13.3. The van der Waals surface area contributed by atoms with Crippen LogP contribution in [-0.4, -0.2) is 12.5 Å². The van der Waals surface area contributed by atoms with E-state index in [4.69, 9.17) is 4.42 Å². The van der Waals surface area contributed by atoms with Gasteiger partial charge in [0.2, 0.25) is 0 Å². The average Bonchev–Trinajstić information content (AvgIpc) is 2.96. The van der Waals surface area contributed by atoms with E-state index < -0.39 is 11.5 Å². The quantitative estimate of drug-likeness (QED) is 0.649. The number of anilines is 1. The summed E-state index contributed by atoms with van der Waals surface area (Å²) in [6.45, 7) is 0.421. The van der Waals surface area contributed by atoms with Gasteiger partial charge in [0.1, 0.15) is 17.0 Å². The first-order valence-corrected chi connectivity index (χ1v) is 7.27. The summed E-state index contributed by atoms with van der Waals surface area (Å²) >= 11 is 0. The number of fused-ring (bicyclic) bond motifs is 2. The zero-order chi connectivity index (χ0) is 16.0. The van der Waals surface area contributed by atoms with Gasteiger partial charge in [-0.2, -0.15) is 0 Å². The lowest BCUT2D eigenvalue weighted by atomic mass is 10.1. The second-order valence-electron chi connectivity index (χ2n) is 5.47. The SMILES string of the molecule is O=C(c1cc2ccccc2oc1=O)N1CCc2cc(F)ccc21. The fourth-order valence-electron chi connectivity index (χ4n) is 2.94. The minimum absolute atomic E-state index is 0.0131. The maximum atomic E-state index is 13.3. The summed E-state index contributed by atoms with van der Waals surface area (Å²) in [5.41, 5.74) is 1.18. The van der Waals surface area contributed by atoms with Crippen molar-refractivity contribution in [2.24, 2.45) is 0 Å². The minimum Gasteiger partial charge on any atom is -0.422 e. The van der Waals surface area contributed by atoms with E-state index in [2.05, 4.69) is 0 Å². The molecule has 1 aromatic heterocycles. The largest absolute Gasteiger partial charge is 0.422 e. The van der Waals surface area contributed by atoms with Gasteiger partial charge in [0, 0.05) is 17.6 Å². The Morgan fingerprint density at radius 2 is 1.96 bits per heavy atom. The molecule has 5 heteroatoms. The van der Waals surface area contributed by atoms with Crippen LogP contribution in [0.15, 0.2) is 57.7 Å². The molecule has 0 bridgehead atoms. The van der Waals surface area contributed by atoms with Gasteiger partial charge in [0.15, 0.2) is 0 Å². The van der Waals surface area contributed by atoms with Crippen molar-refractivity contribution >= 4 is 22.6 Å². The lowest BCUT2D eigenvalue weighted by Crippen LogP contribution is -2.32. The molecular formula is C18H12FNO3. The third-order valence-electron chi connectivity index (χ3n) is 4.05. The van der Waals surface area contributed by atoms with Crippen molar-refractivity contribution < 1.29 is 13.6 Å². The molecule has 1 aliphatic heterocycles. The molecule has 0 saturated heterocycles. The van der Waals surface area contributed by atoms with Crippen LogP contribution in [0.3, 0.4) is 0 Å². The molecule has 1 amide bonds. The van der Waals surface area contributed by atoms with Crippen LogP contribution in [0.5, 0.6) is 0 Å². The van der Waals surface area contributed by atoms with Gasteiger partial charge in [-0.25, -0.2) is 9.18 Å². The first-order valence-electron chi connectivity index (χ1n) is 7.27. The molecule has 0 unspecified atom stereocenters. The van der Waals surface area contributed by atoms with Crippen LogP contribution in [0, 0.1) is 5.82 Å².